The van der Waals surface area contributed by atoms with Gasteiger partial charge in [-0.05, 0) is 20.8 Å². The van der Waals surface area contributed by atoms with Gasteiger partial charge in [-0.15, -0.1) is 11.3 Å². The number of aromatic nitrogens is 1. The van der Waals surface area contributed by atoms with E-state index in [0.29, 0.717) is 6.61 Å². The molecule has 4 heteroatoms. The molecule has 1 aliphatic heterocycles. The maximum atomic E-state index is 5.80. The molecular formula is C9H13NO2S. The Labute approximate surface area is 81.7 Å². The van der Waals surface area contributed by atoms with Gasteiger partial charge < -0.3 is 9.47 Å². The second-order valence-corrected chi connectivity index (χ2v) is 4.61. The molecule has 0 radical (unpaired) electrons. The normalized spacial score (nSPS) is 32.2. The number of rotatable bonds is 1. The lowest BCUT2D eigenvalue weighted by Crippen LogP contribution is -2.28. The van der Waals surface area contributed by atoms with Crippen molar-refractivity contribution in [3.63, 3.8) is 0 Å². The molecule has 13 heavy (non-hydrogen) atoms. The smallest absolute Gasteiger partial charge is 0.164 e. The first-order valence-electron chi connectivity index (χ1n) is 4.25. The molecule has 1 saturated heterocycles. The van der Waals surface area contributed by atoms with Crippen LogP contribution in [0.5, 0.6) is 0 Å². The molecule has 0 spiro atoms. The second kappa shape index (κ2) is 2.77. The second-order valence-electron chi connectivity index (χ2n) is 3.90. The molecule has 1 unspecified atom stereocenters. The van der Waals surface area contributed by atoms with Crippen molar-refractivity contribution in [2.75, 3.05) is 6.61 Å². The summed E-state index contributed by atoms with van der Waals surface area (Å²) in [6.07, 6.45) is 0. The zero-order valence-electron chi connectivity index (χ0n) is 8.03. The van der Waals surface area contributed by atoms with Gasteiger partial charge in [0.25, 0.3) is 0 Å². The average Bonchev–Trinajstić information content (AvgIpc) is 2.58. The van der Waals surface area contributed by atoms with Crippen LogP contribution in [0.2, 0.25) is 0 Å². The highest BCUT2D eigenvalue weighted by Crippen LogP contribution is 2.37. The van der Waals surface area contributed by atoms with Gasteiger partial charge in [-0.25, -0.2) is 4.98 Å². The highest BCUT2D eigenvalue weighted by molar-refractivity contribution is 7.07. The van der Waals surface area contributed by atoms with Crippen LogP contribution in [-0.2, 0) is 15.1 Å². The predicted molar refractivity (Wildman–Crippen MR) is 50.6 cm³/mol. The molecule has 0 bridgehead atoms. The largest absolute Gasteiger partial charge is 0.347 e. The molecule has 2 rings (SSSR count). The van der Waals surface area contributed by atoms with Gasteiger partial charge >= 0.3 is 0 Å². The van der Waals surface area contributed by atoms with Crippen LogP contribution < -0.4 is 0 Å². The third-order valence-corrected chi connectivity index (χ3v) is 2.73. The summed E-state index contributed by atoms with van der Waals surface area (Å²) in [6, 6.07) is 0. The number of nitrogens with zero attached hydrogens (tertiary/aromatic N) is 1. The summed E-state index contributed by atoms with van der Waals surface area (Å²) in [7, 11) is 0. The highest BCUT2D eigenvalue weighted by Gasteiger charge is 2.44. The summed E-state index contributed by atoms with van der Waals surface area (Å²) in [6.45, 7) is 6.43. The van der Waals surface area contributed by atoms with Crippen LogP contribution in [-0.4, -0.2) is 17.4 Å². The molecule has 2 heterocycles. The minimum absolute atomic E-state index is 0.372. The van der Waals surface area contributed by atoms with Crippen molar-refractivity contribution in [3.8, 4) is 0 Å². The van der Waals surface area contributed by atoms with E-state index in [9.17, 15) is 0 Å². The minimum Gasteiger partial charge on any atom is -0.347 e. The van der Waals surface area contributed by atoms with Crippen molar-refractivity contribution in [1.82, 2.24) is 4.98 Å². The Bertz CT molecular complexity index is 297. The molecule has 0 aliphatic carbocycles. The first kappa shape index (κ1) is 9.12. The fourth-order valence-corrected chi connectivity index (χ4v) is 2.19. The Morgan fingerprint density at radius 3 is 2.69 bits per heavy atom. The summed E-state index contributed by atoms with van der Waals surface area (Å²) in [5, 5.41) is 2.00. The summed E-state index contributed by atoms with van der Waals surface area (Å²) in [4.78, 5) is 4.25. The van der Waals surface area contributed by atoms with Crippen LogP contribution >= 0.6 is 11.3 Å². The van der Waals surface area contributed by atoms with Crippen molar-refractivity contribution < 1.29 is 9.47 Å². The van der Waals surface area contributed by atoms with Crippen LogP contribution in [0.1, 0.15) is 26.5 Å². The maximum Gasteiger partial charge on any atom is 0.164 e. The van der Waals surface area contributed by atoms with E-state index in [1.165, 1.54) is 0 Å². The van der Waals surface area contributed by atoms with E-state index in [1.54, 1.807) is 11.3 Å². The van der Waals surface area contributed by atoms with Crippen molar-refractivity contribution in [2.24, 2.45) is 0 Å². The number of thiazole rings is 1. The fourth-order valence-electron chi connectivity index (χ4n) is 1.51. The fraction of sp³-hybridized carbons (Fsp3) is 0.667. The Morgan fingerprint density at radius 2 is 2.23 bits per heavy atom. The monoisotopic (exact) mass is 199 g/mol. The summed E-state index contributed by atoms with van der Waals surface area (Å²) < 4.78 is 11.3. The lowest BCUT2D eigenvalue weighted by atomic mass is 10.1. The molecular weight excluding hydrogens is 186 g/mol. The van der Waals surface area contributed by atoms with Crippen molar-refractivity contribution in [2.45, 2.75) is 32.2 Å². The molecule has 1 fully saturated rings. The van der Waals surface area contributed by atoms with Gasteiger partial charge in [0.15, 0.2) is 5.79 Å². The zero-order chi connectivity index (χ0) is 9.53. The Hall–Kier alpha value is -0.450. The predicted octanol–water partition coefficient (Wildman–Crippen LogP) is 2.14. The Balaban J connectivity index is 2.25. The van der Waals surface area contributed by atoms with E-state index in [0.717, 1.165) is 5.69 Å². The first-order valence-corrected chi connectivity index (χ1v) is 5.19. The standard InChI is InChI=1S/C9H13NO2S/c1-8(2)11-5-9(3,12-8)7-4-13-6-10-7/h4,6H,5H2,1-3H3. The van der Waals surface area contributed by atoms with Crippen molar-refractivity contribution in [3.05, 3.63) is 16.6 Å². The number of hydrogen-bond donors (Lipinski definition) is 0. The molecule has 0 amide bonds. The van der Waals surface area contributed by atoms with E-state index in [-0.39, 0.29) is 5.60 Å². The van der Waals surface area contributed by atoms with Gasteiger partial charge in [-0.1, -0.05) is 0 Å². The SMILES string of the molecule is CC1(C)OCC(C)(c2cscn2)O1. The highest BCUT2D eigenvalue weighted by atomic mass is 32.1. The lowest BCUT2D eigenvalue weighted by molar-refractivity contribution is -0.160. The van der Waals surface area contributed by atoms with Gasteiger partial charge in [-0.2, -0.15) is 0 Å². The van der Waals surface area contributed by atoms with Crippen molar-refractivity contribution >= 4 is 11.3 Å². The minimum atomic E-state index is -0.488. The van der Waals surface area contributed by atoms with E-state index in [1.807, 2.05) is 31.7 Å². The third kappa shape index (κ3) is 1.61. The quantitative estimate of drug-likeness (QED) is 0.694. The Kier molecular flexibility index (Phi) is 1.94. The number of ether oxygens (including phenoxy) is 2. The van der Waals surface area contributed by atoms with E-state index >= 15 is 0 Å². The van der Waals surface area contributed by atoms with Crippen LogP contribution in [0.15, 0.2) is 10.9 Å². The number of hydrogen-bond acceptors (Lipinski definition) is 4. The molecule has 0 N–H and O–H groups in total. The molecule has 3 nitrogen and oxygen atoms in total. The summed E-state index contributed by atoms with van der Waals surface area (Å²) in [5.74, 6) is -0.488. The first-order chi connectivity index (χ1) is 6.02. The van der Waals surface area contributed by atoms with Crippen LogP contribution in [0.4, 0.5) is 0 Å². The van der Waals surface area contributed by atoms with Gasteiger partial charge in [0.2, 0.25) is 0 Å². The van der Waals surface area contributed by atoms with Crippen LogP contribution in [0, 0.1) is 0 Å². The van der Waals surface area contributed by atoms with E-state index < -0.39 is 5.79 Å². The molecule has 1 aliphatic rings. The summed E-state index contributed by atoms with van der Waals surface area (Å²) >= 11 is 1.58. The molecule has 1 atom stereocenters. The Morgan fingerprint density at radius 1 is 1.46 bits per heavy atom. The van der Waals surface area contributed by atoms with Crippen LogP contribution in [0.3, 0.4) is 0 Å². The lowest BCUT2D eigenvalue weighted by Gasteiger charge is -2.23. The molecule has 0 saturated carbocycles. The maximum absolute atomic E-state index is 5.80. The van der Waals surface area contributed by atoms with Gasteiger partial charge in [0, 0.05) is 5.38 Å². The average molecular weight is 199 g/mol. The van der Waals surface area contributed by atoms with E-state index in [4.69, 9.17) is 9.47 Å². The zero-order valence-corrected chi connectivity index (χ0v) is 8.85. The summed E-state index contributed by atoms with van der Waals surface area (Å²) in [5.41, 5.74) is 2.40. The third-order valence-electron chi connectivity index (χ3n) is 2.14. The molecule has 1 aromatic rings. The topological polar surface area (TPSA) is 31.4 Å². The van der Waals surface area contributed by atoms with Crippen molar-refractivity contribution in [1.29, 1.82) is 0 Å². The molecule has 0 aromatic carbocycles. The van der Waals surface area contributed by atoms with Gasteiger partial charge in [0.1, 0.15) is 5.60 Å². The molecule has 1 aromatic heterocycles. The van der Waals surface area contributed by atoms with E-state index in [2.05, 4.69) is 4.98 Å². The van der Waals surface area contributed by atoms with Gasteiger partial charge in [0.05, 0.1) is 17.8 Å². The molecule has 72 valence electrons. The van der Waals surface area contributed by atoms with Crippen LogP contribution in [0.25, 0.3) is 0 Å². The van der Waals surface area contributed by atoms with Gasteiger partial charge in [-0.3, -0.25) is 0 Å².